The van der Waals surface area contributed by atoms with Gasteiger partial charge in [0.25, 0.3) is 0 Å². The van der Waals surface area contributed by atoms with Gasteiger partial charge in [-0.2, -0.15) is 0 Å². The van der Waals surface area contributed by atoms with Gasteiger partial charge >= 0.3 is 0 Å². The molecule has 0 saturated heterocycles. The summed E-state index contributed by atoms with van der Waals surface area (Å²) in [7, 11) is 0. The molecule has 2 heterocycles. The molecule has 0 atom stereocenters. The Morgan fingerprint density at radius 3 is 1.36 bits per heavy atom. The molecule has 10 rings (SSSR count). The first kappa shape index (κ1) is 26.4. The number of rotatable bonds is 4. The van der Waals surface area contributed by atoms with E-state index in [0.717, 1.165) is 0 Å². The number of hydrogen-bond acceptors (Lipinski definition) is 0. The van der Waals surface area contributed by atoms with E-state index in [1.807, 2.05) is 0 Å². The second-order valence-corrected chi connectivity index (χ2v) is 13.4. The van der Waals surface area contributed by atoms with Crippen molar-refractivity contribution in [2.24, 2.45) is 0 Å². The Kier molecular flexibility index (Phi) is 5.37. The van der Waals surface area contributed by atoms with Gasteiger partial charge in [-0.15, -0.1) is 0 Å². The standard InChI is InChI=1S/C45H32N2/c1-45(2)35-21-11-22-37-41(35)42-36(45)25-26-40-44(42)43-38(46(37)33-19-9-17-31(27-33)29-13-5-3-6-14-29)23-12-24-39(43)47(40)34-20-10-18-32(28-34)30-15-7-4-8-16-30/h3-28H,1-2H3. The van der Waals surface area contributed by atoms with E-state index in [0.29, 0.717) is 0 Å². The van der Waals surface area contributed by atoms with Crippen LogP contribution < -0.4 is 0 Å². The van der Waals surface area contributed by atoms with E-state index in [1.54, 1.807) is 0 Å². The topological polar surface area (TPSA) is 9.86 Å². The van der Waals surface area contributed by atoms with E-state index in [-0.39, 0.29) is 5.41 Å². The van der Waals surface area contributed by atoms with Crippen LogP contribution >= 0.6 is 0 Å². The van der Waals surface area contributed by atoms with Crippen LogP contribution in [0.1, 0.15) is 25.0 Å². The highest BCUT2D eigenvalue weighted by atomic mass is 15.0. The predicted molar refractivity (Wildman–Crippen MR) is 198 cm³/mol. The van der Waals surface area contributed by atoms with Gasteiger partial charge in [-0.1, -0.05) is 123 Å². The van der Waals surface area contributed by atoms with E-state index < -0.39 is 0 Å². The summed E-state index contributed by atoms with van der Waals surface area (Å²) in [5.74, 6) is 0. The summed E-state index contributed by atoms with van der Waals surface area (Å²) < 4.78 is 5.00. The molecular formula is C45H32N2. The lowest BCUT2D eigenvalue weighted by atomic mass is 9.81. The zero-order chi connectivity index (χ0) is 31.3. The quantitative estimate of drug-likeness (QED) is 0.190. The molecule has 47 heavy (non-hydrogen) atoms. The molecule has 0 N–H and O–H groups in total. The van der Waals surface area contributed by atoms with E-state index in [9.17, 15) is 0 Å². The zero-order valence-corrected chi connectivity index (χ0v) is 26.4. The van der Waals surface area contributed by atoms with Crippen LogP contribution in [0.3, 0.4) is 0 Å². The lowest BCUT2D eigenvalue weighted by Crippen LogP contribution is -2.15. The maximum absolute atomic E-state index is 2.52. The van der Waals surface area contributed by atoms with Crippen molar-refractivity contribution < 1.29 is 0 Å². The summed E-state index contributed by atoms with van der Waals surface area (Å²) in [6.07, 6.45) is 0. The highest BCUT2D eigenvalue weighted by molar-refractivity contribution is 6.30. The Morgan fingerprint density at radius 1 is 0.340 bits per heavy atom. The molecule has 9 aromatic rings. The number of benzene rings is 7. The Morgan fingerprint density at radius 2 is 0.787 bits per heavy atom. The fraction of sp³-hybridized carbons (Fsp3) is 0.0667. The molecular weight excluding hydrogens is 569 g/mol. The molecule has 2 nitrogen and oxygen atoms in total. The molecule has 2 aromatic heterocycles. The summed E-state index contributed by atoms with van der Waals surface area (Å²) in [6, 6.07) is 57.9. The van der Waals surface area contributed by atoms with Gasteiger partial charge in [0, 0.05) is 32.9 Å². The van der Waals surface area contributed by atoms with E-state index in [2.05, 4.69) is 181 Å². The van der Waals surface area contributed by atoms with Crippen molar-refractivity contribution in [3.05, 3.63) is 169 Å². The Labute approximate surface area is 273 Å². The first-order chi connectivity index (χ1) is 23.1. The van der Waals surface area contributed by atoms with Gasteiger partial charge in [-0.05, 0) is 87.3 Å². The summed E-state index contributed by atoms with van der Waals surface area (Å²) in [6.45, 7) is 4.78. The molecule has 0 fully saturated rings. The van der Waals surface area contributed by atoms with E-state index in [4.69, 9.17) is 0 Å². The zero-order valence-electron chi connectivity index (χ0n) is 26.4. The fourth-order valence-corrected chi connectivity index (χ4v) is 8.35. The van der Waals surface area contributed by atoms with Crippen molar-refractivity contribution in [3.63, 3.8) is 0 Å². The molecule has 0 aliphatic heterocycles. The lowest BCUT2D eigenvalue weighted by molar-refractivity contribution is 0.663. The molecule has 2 heteroatoms. The smallest absolute Gasteiger partial charge is 0.0562 e. The maximum atomic E-state index is 2.52. The molecule has 0 amide bonds. The van der Waals surface area contributed by atoms with Crippen LogP contribution in [0, 0.1) is 0 Å². The van der Waals surface area contributed by atoms with Crippen LogP contribution in [0.15, 0.2) is 158 Å². The van der Waals surface area contributed by atoms with Crippen molar-refractivity contribution in [3.8, 4) is 33.6 Å². The minimum Gasteiger partial charge on any atom is -0.309 e. The van der Waals surface area contributed by atoms with Gasteiger partial charge in [-0.25, -0.2) is 0 Å². The molecule has 0 spiro atoms. The number of hydrogen-bond donors (Lipinski definition) is 0. The lowest BCUT2D eigenvalue weighted by Gasteiger charge is -2.22. The average molecular weight is 601 g/mol. The fourth-order valence-electron chi connectivity index (χ4n) is 8.35. The Bertz CT molecular complexity index is 2690. The molecule has 0 radical (unpaired) electrons. The van der Waals surface area contributed by atoms with E-state index >= 15 is 0 Å². The molecule has 0 saturated carbocycles. The maximum Gasteiger partial charge on any atom is 0.0562 e. The summed E-state index contributed by atoms with van der Waals surface area (Å²) in [5, 5.41) is 5.39. The Balaban J connectivity index is 1.38. The third kappa shape index (κ3) is 3.61. The summed E-state index contributed by atoms with van der Waals surface area (Å²) >= 11 is 0. The Hall–Kier alpha value is -5.86. The van der Waals surface area contributed by atoms with Gasteiger partial charge in [-0.3, -0.25) is 0 Å². The number of nitrogens with zero attached hydrogens (tertiary/aromatic N) is 2. The van der Waals surface area contributed by atoms with Crippen LogP contribution in [0.25, 0.3) is 77.2 Å². The largest absolute Gasteiger partial charge is 0.309 e. The van der Waals surface area contributed by atoms with Gasteiger partial charge in [0.05, 0.1) is 22.1 Å². The second-order valence-electron chi connectivity index (χ2n) is 13.4. The summed E-state index contributed by atoms with van der Waals surface area (Å²) in [4.78, 5) is 0. The monoisotopic (exact) mass is 600 g/mol. The molecule has 1 aliphatic rings. The van der Waals surface area contributed by atoms with Crippen molar-refractivity contribution >= 4 is 43.6 Å². The highest BCUT2D eigenvalue weighted by Crippen LogP contribution is 2.52. The van der Waals surface area contributed by atoms with Crippen LogP contribution in [0.2, 0.25) is 0 Å². The molecule has 0 bridgehead atoms. The van der Waals surface area contributed by atoms with E-state index in [1.165, 1.54) is 88.4 Å². The van der Waals surface area contributed by atoms with Gasteiger partial charge in [0.1, 0.15) is 0 Å². The minimum absolute atomic E-state index is 0.111. The van der Waals surface area contributed by atoms with Crippen molar-refractivity contribution in [2.45, 2.75) is 19.3 Å². The third-order valence-electron chi connectivity index (χ3n) is 10.5. The number of aromatic nitrogens is 2. The average Bonchev–Trinajstić information content (AvgIpc) is 3.53. The first-order valence-corrected chi connectivity index (χ1v) is 16.5. The predicted octanol–water partition coefficient (Wildman–Crippen LogP) is 11.9. The van der Waals surface area contributed by atoms with Gasteiger partial charge < -0.3 is 9.13 Å². The van der Waals surface area contributed by atoms with Crippen LogP contribution in [0.4, 0.5) is 0 Å². The van der Waals surface area contributed by atoms with Crippen molar-refractivity contribution in [2.75, 3.05) is 0 Å². The third-order valence-corrected chi connectivity index (χ3v) is 10.5. The van der Waals surface area contributed by atoms with Crippen LogP contribution in [-0.2, 0) is 5.41 Å². The van der Waals surface area contributed by atoms with Crippen LogP contribution in [0.5, 0.6) is 0 Å². The molecule has 0 unspecified atom stereocenters. The van der Waals surface area contributed by atoms with Crippen molar-refractivity contribution in [1.29, 1.82) is 0 Å². The van der Waals surface area contributed by atoms with Crippen LogP contribution in [-0.4, -0.2) is 9.13 Å². The van der Waals surface area contributed by atoms with Gasteiger partial charge in [0.15, 0.2) is 0 Å². The first-order valence-electron chi connectivity index (χ1n) is 16.5. The SMILES string of the molecule is CC1(C)c2ccc3c4c2c2c1cccc2n(-c1cccc(-c2ccccc2)c1)c1cccc(c41)n3-c1cccc(-c2ccccc2)c1. The van der Waals surface area contributed by atoms with Gasteiger partial charge in [0.2, 0.25) is 0 Å². The minimum atomic E-state index is -0.111. The summed E-state index contributed by atoms with van der Waals surface area (Å²) in [5.41, 5.74) is 14.8. The highest BCUT2D eigenvalue weighted by Gasteiger charge is 2.36. The normalized spacial score (nSPS) is 13.5. The molecule has 222 valence electrons. The second kappa shape index (κ2) is 9.57. The van der Waals surface area contributed by atoms with Crippen molar-refractivity contribution in [1.82, 2.24) is 9.13 Å². The molecule has 1 aliphatic carbocycles. The molecule has 7 aromatic carbocycles.